The predicted molar refractivity (Wildman–Crippen MR) is 95.9 cm³/mol. The van der Waals surface area contributed by atoms with Crippen LogP contribution in [0.5, 0.6) is 0 Å². The monoisotopic (exact) mass is 342 g/mol. The van der Waals surface area contributed by atoms with Crippen molar-refractivity contribution in [3.05, 3.63) is 59.8 Å². The summed E-state index contributed by atoms with van der Waals surface area (Å²) in [6, 6.07) is 13.9. The zero-order chi connectivity index (χ0) is 16.8. The molecule has 0 radical (unpaired) electrons. The van der Waals surface area contributed by atoms with Gasteiger partial charge in [0.1, 0.15) is 11.6 Å². The molecule has 1 aromatic carbocycles. The normalized spacial score (nSPS) is 17.0. The lowest BCUT2D eigenvalue weighted by Crippen LogP contribution is -2.31. The molecule has 0 unspecified atom stereocenters. The summed E-state index contributed by atoms with van der Waals surface area (Å²) in [6.45, 7) is 3.17. The Hall–Kier alpha value is -2.01. The molecule has 1 aliphatic rings. The van der Waals surface area contributed by atoms with E-state index in [2.05, 4.69) is 18.0 Å². The Balaban J connectivity index is 1.70. The molecule has 1 fully saturated rings. The van der Waals surface area contributed by atoms with E-state index in [0.29, 0.717) is 6.61 Å². The fraction of sp³-hybridized carbons (Fsp3) is 0.368. The van der Waals surface area contributed by atoms with Gasteiger partial charge in [0.25, 0.3) is 0 Å². The van der Waals surface area contributed by atoms with Crippen molar-refractivity contribution in [2.75, 3.05) is 12.3 Å². The van der Waals surface area contributed by atoms with E-state index in [1.807, 2.05) is 47.5 Å². The first-order valence-electron chi connectivity index (χ1n) is 8.34. The Labute approximate surface area is 147 Å². The van der Waals surface area contributed by atoms with E-state index in [4.69, 9.17) is 4.74 Å². The number of hydrogen-bond donors (Lipinski definition) is 0. The summed E-state index contributed by atoms with van der Waals surface area (Å²) in [5, 5.41) is 1.02. The number of pyridine rings is 1. The van der Waals surface area contributed by atoms with Crippen LogP contribution < -0.4 is 0 Å². The number of ether oxygens (including phenoxy) is 1. The first-order chi connectivity index (χ1) is 11.8. The minimum Gasteiger partial charge on any atom is -0.445 e. The highest BCUT2D eigenvalue weighted by molar-refractivity contribution is 7.99. The minimum absolute atomic E-state index is 0.0658. The van der Waals surface area contributed by atoms with Gasteiger partial charge in [0, 0.05) is 18.3 Å². The van der Waals surface area contributed by atoms with Gasteiger partial charge in [-0.1, -0.05) is 43.3 Å². The van der Waals surface area contributed by atoms with Crippen molar-refractivity contribution in [2.45, 2.75) is 37.4 Å². The highest BCUT2D eigenvalue weighted by atomic mass is 32.2. The fourth-order valence-corrected chi connectivity index (χ4v) is 3.80. The van der Waals surface area contributed by atoms with Crippen molar-refractivity contribution in [1.82, 2.24) is 9.88 Å². The average molecular weight is 342 g/mol. The van der Waals surface area contributed by atoms with Crippen LogP contribution in [0.1, 0.15) is 36.9 Å². The Morgan fingerprint density at radius 3 is 2.92 bits per heavy atom. The lowest BCUT2D eigenvalue weighted by molar-refractivity contribution is 0.0916. The van der Waals surface area contributed by atoms with E-state index >= 15 is 0 Å². The van der Waals surface area contributed by atoms with Crippen molar-refractivity contribution < 1.29 is 9.53 Å². The molecule has 3 rings (SSSR count). The number of likely N-dealkylation sites (tertiary alicyclic amines) is 1. The molecule has 0 bridgehead atoms. The lowest BCUT2D eigenvalue weighted by atomic mass is 10.1. The molecule has 24 heavy (non-hydrogen) atoms. The van der Waals surface area contributed by atoms with Gasteiger partial charge < -0.3 is 9.64 Å². The molecule has 1 atom stereocenters. The summed E-state index contributed by atoms with van der Waals surface area (Å²) in [6.07, 6.45) is 3.53. The van der Waals surface area contributed by atoms with Gasteiger partial charge in [-0.05, 0) is 30.2 Å². The molecule has 126 valence electrons. The SMILES string of the molecule is CCSc1ncccc1[C@H]1CCCN1C(=O)OCc1ccccc1. The fourth-order valence-electron chi connectivity index (χ4n) is 3.02. The van der Waals surface area contributed by atoms with Gasteiger partial charge in [0.2, 0.25) is 0 Å². The highest BCUT2D eigenvalue weighted by Gasteiger charge is 2.32. The maximum atomic E-state index is 12.5. The number of nitrogens with zero attached hydrogens (tertiary/aromatic N) is 2. The van der Waals surface area contributed by atoms with E-state index in [1.54, 1.807) is 11.8 Å². The second kappa shape index (κ2) is 8.20. The summed E-state index contributed by atoms with van der Waals surface area (Å²) in [4.78, 5) is 18.9. The molecule has 1 amide bonds. The second-order valence-electron chi connectivity index (χ2n) is 5.72. The summed E-state index contributed by atoms with van der Waals surface area (Å²) >= 11 is 1.72. The molecule has 0 spiro atoms. The maximum absolute atomic E-state index is 12.5. The third-order valence-electron chi connectivity index (χ3n) is 4.13. The molecule has 0 saturated carbocycles. The zero-order valence-electron chi connectivity index (χ0n) is 13.9. The topological polar surface area (TPSA) is 42.4 Å². The van der Waals surface area contributed by atoms with Gasteiger partial charge in [0.05, 0.1) is 6.04 Å². The van der Waals surface area contributed by atoms with Crippen LogP contribution >= 0.6 is 11.8 Å². The van der Waals surface area contributed by atoms with Crippen LogP contribution in [0.25, 0.3) is 0 Å². The molecule has 5 heteroatoms. The van der Waals surface area contributed by atoms with E-state index < -0.39 is 0 Å². The third-order valence-corrected chi connectivity index (χ3v) is 5.04. The van der Waals surface area contributed by atoms with Gasteiger partial charge >= 0.3 is 6.09 Å². The highest BCUT2D eigenvalue weighted by Crippen LogP contribution is 2.36. The standard InChI is InChI=1S/C19H22N2O2S/c1-2-24-18-16(10-6-12-20-18)17-11-7-13-21(17)19(22)23-14-15-8-4-3-5-9-15/h3-6,8-10,12,17H,2,7,11,13-14H2,1H3/t17-/m1/s1. The molecule has 0 aliphatic carbocycles. The molecule has 1 aliphatic heterocycles. The minimum atomic E-state index is -0.238. The number of benzene rings is 1. The van der Waals surface area contributed by atoms with Crippen molar-refractivity contribution in [2.24, 2.45) is 0 Å². The number of aromatic nitrogens is 1. The van der Waals surface area contributed by atoms with Gasteiger partial charge in [-0.2, -0.15) is 0 Å². The summed E-state index contributed by atoms with van der Waals surface area (Å²) in [7, 11) is 0. The van der Waals surface area contributed by atoms with Crippen LogP contribution in [0, 0.1) is 0 Å². The molecule has 2 aromatic rings. The Morgan fingerprint density at radius 1 is 1.29 bits per heavy atom. The molecular weight excluding hydrogens is 320 g/mol. The number of thioether (sulfide) groups is 1. The van der Waals surface area contributed by atoms with Crippen LogP contribution in [-0.2, 0) is 11.3 Å². The number of carbonyl (C=O) groups is 1. The number of rotatable bonds is 5. The van der Waals surface area contributed by atoms with Crippen LogP contribution in [0.2, 0.25) is 0 Å². The summed E-state index contributed by atoms with van der Waals surface area (Å²) in [5.74, 6) is 0.967. The third kappa shape index (κ3) is 3.90. The van der Waals surface area contributed by atoms with Crippen molar-refractivity contribution in [1.29, 1.82) is 0 Å². The van der Waals surface area contributed by atoms with Crippen molar-refractivity contribution in [3.8, 4) is 0 Å². The molecule has 0 N–H and O–H groups in total. The number of amides is 1. The molecular formula is C19H22N2O2S. The van der Waals surface area contributed by atoms with Crippen molar-refractivity contribution in [3.63, 3.8) is 0 Å². The molecule has 2 heterocycles. The van der Waals surface area contributed by atoms with E-state index in [0.717, 1.165) is 41.3 Å². The lowest BCUT2D eigenvalue weighted by Gasteiger charge is -2.25. The zero-order valence-corrected chi connectivity index (χ0v) is 14.7. The first kappa shape index (κ1) is 16.8. The largest absolute Gasteiger partial charge is 0.445 e. The van der Waals surface area contributed by atoms with Gasteiger partial charge in [-0.3, -0.25) is 0 Å². The average Bonchev–Trinajstić information content (AvgIpc) is 3.11. The van der Waals surface area contributed by atoms with Crippen LogP contribution in [0.3, 0.4) is 0 Å². The summed E-state index contributed by atoms with van der Waals surface area (Å²) < 4.78 is 5.52. The van der Waals surface area contributed by atoms with Gasteiger partial charge in [0.15, 0.2) is 0 Å². The molecule has 4 nitrogen and oxygen atoms in total. The van der Waals surface area contributed by atoms with Crippen LogP contribution in [0.4, 0.5) is 4.79 Å². The number of hydrogen-bond acceptors (Lipinski definition) is 4. The van der Waals surface area contributed by atoms with Crippen molar-refractivity contribution >= 4 is 17.9 Å². The summed E-state index contributed by atoms with van der Waals surface area (Å²) in [5.41, 5.74) is 2.14. The maximum Gasteiger partial charge on any atom is 0.410 e. The smallest absolute Gasteiger partial charge is 0.410 e. The Kier molecular flexibility index (Phi) is 5.75. The quantitative estimate of drug-likeness (QED) is 0.741. The first-order valence-corrected chi connectivity index (χ1v) is 9.33. The van der Waals surface area contributed by atoms with E-state index in [1.165, 1.54) is 0 Å². The predicted octanol–water partition coefficient (Wildman–Crippen LogP) is 4.67. The van der Waals surface area contributed by atoms with E-state index in [9.17, 15) is 4.79 Å². The Bertz CT molecular complexity index is 678. The van der Waals surface area contributed by atoms with E-state index in [-0.39, 0.29) is 12.1 Å². The Morgan fingerprint density at radius 2 is 2.12 bits per heavy atom. The molecule has 1 aromatic heterocycles. The van der Waals surface area contributed by atoms with Crippen LogP contribution in [0.15, 0.2) is 53.7 Å². The number of carbonyl (C=O) groups excluding carboxylic acids is 1. The van der Waals surface area contributed by atoms with Gasteiger partial charge in [-0.15, -0.1) is 11.8 Å². The second-order valence-corrected chi connectivity index (χ2v) is 6.98. The van der Waals surface area contributed by atoms with Gasteiger partial charge in [-0.25, -0.2) is 9.78 Å². The van der Waals surface area contributed by atoms with Crippen LogP contribution in [-0.4, -0.2) is 28.3 Å². The molecule has 1 saturated heterocycles.